The van der Waals surface area contributed by atoms with Crippen LogP contribution in [0.15, 0.2) is 24.3 Å². The third-order valence-electron chi connectivity index (χ3n) is 6.04. The first-order valence-electron chi connectivity index (χ1n) is 12.6. The zero-order valence-corrected chi connectivity index (χ0v) is 20.5. The lowest BCUT2D eigenvalue weighted by molar-refractivity contribution is 0.0129. The number of hydrogen-bond acceptors (Lipinski definition) is 5. The predicted molar refractivity (Wildman–Crippen MR) is 129 cm³/mol. The van der Waals surface area contributed by atoms with Gasteiger partial charge in [0.05, 0.1) is 0 Å². The summed E-state index contributed by atoms with van der Waals surface area (Å²) in [5.41, 5.74) is 0. The molecule has 1 heterocycles. The van der Waals surface area contributed by atoms with Crippen LogP contribution in [0.3, 0.4) is 0 Å². The molecule has 2 unspecified atom stereocenters. The topological polar surface area (TPSA) is 34.2 Å². The molecule has 5 nitrogen and oxygen atoms in total. The molecule has 0 N–H and O–H groups in total. The van der Waals surface area contributed by atoms with Crippen LogP contribution >= 0.6 is 0 Å². The van der Waals surface area contributed by atoms with E-state index < -0.39 is 0 Å². The van der Waals surface area contributed by atoms with Gasteiger partial charge < -0.3 is 14.2 Å². The summed E-state index contributed by atoms with van der Waals surface area (Å²) in [6.07, 6.45) is 11.5. The standard InChI is InChI=1S/C26H46N2O3/c1-5-7-9-18-27(3)25-16-12-20-29-21-13-17-26(28(4)19-10-8-6-2)31-24-15-11-14-23(22-24)30-25/h11,14-15,22,25-26H,5-10,12-13,16-21H2,1-4H3. The molecule has 31 heavy (non-hydrogen) atoms. The van der Waals surface area contributed by atoms with Crippen molar-refractivity contribution < 1.29 is 14.2 Å². The summed E-state index contributed by atoms with van der Waals surface area (Å²) in [6, 6.07) is 8.19. The molecule has 1 aliphatic rings. The van der Waals surface area contributed by atoms with Gasteiger partial charge >= 0.3 is 0 Å². The van der Waals surface area contributed by atoms with Gasteiger partial charge in [-0.25, -0.2) is 0 Å². The Labute approximate surface area is 191 Å². The van der Waals surface area contributed by atoms with Crippen molar-refractivity contribution in [2.24, 2.45) is 0 Å². The van der Waals surface area contributed by atoms with E-state index in [0.29, 0.717) is 0 Å². The second-order valence-corrected chi connectivity index (χ2v) is 8.89. The second kappa shape index (κ2) is 15.5. The van der Waals surface area contributed by atoms with E-state index in [1.54, 1.807) is 0 Å². The van der Waals surface area contributed by atoms with Crippen molar-refractivity contribution in [3.63, 3.8) is 0 Å². The molecule has 0 aromatic heterocycles. The average molecular weight is 435 g/mol. The first-order chi connectivity index (χ1) is 15.1. The zero-order chi connectivity index (χ0) is 22.3. The van der Waals surface area contributed by atoms with Gasteiger partial charge in [0.25, 0.3) is 0 Å². The summed E-state index contributed by atoms with van der Waals surface area (Å²) in [7, 11) is 4.35. The van der Waals surface area contributed by atoms with Crippen LogP contribution in [0.1, 0.15) is 78.1 Å². The van der Waals surface area contributed by atoms with Crippen LogP contribution in [0, 0.1) is 0 Å². The number of ether oxygens (including phenoxy) is 3. The summed E-state index contributed by atoms with van der Waals surface area (Å²) in [5, 5.41) is 0. The van der Waals surface area contributed by atoms with E-state index in [0.717, 1.165) is 63.5 Å². The van der Waals surface area contributed by atoms with Gasteiger partial charge in [-0.2, -0.15) is 0 Å². The lowest BCUT2D eigenvalue weighted by Gasteiger charge is -2.31. The highest BCUT2D eigenvalue weighted by atomic mass is 16.5. The van der Waals surface area contributed by atoms with Crippen LogP contribution in [-0.2, 0) is 4.74 Å². The van der Waals surface area contributed by atoms with Crippen molar-refractivity contribution >= 4 is 0 Å². The Bertz CT molecular complexity index is 538. The lowest BCUT2D eigenvalue weighted by atomic mass is 10.2. The lowest BCUT2D eigenvalue weighted by Crippen LogP contribution is -2.38. The number of fused-ring (bicyclic) bond motifs is 2. The Morgan fingerprint density at radius 1 is 0.774 bits per heavy atom. The number of benzene rings is 1. The molecule has 1 aromatic rings. The normalized spacial score (nSPS) is 20.8. The Kier molecular flexibility index (Phi) is 13.0. The number of nitrogens with zero attached hydrogens (tertiary/aromatic N) is 2. The third-order valence-corrected chi connectivity index (χ3v) is 6.04. The number of hydrogen-bond donors (Lipinski definition) is 0. The quantitative estimate of drug-likeness (QED) is 0.426. The Morgan fingerprint density at radius 2 is 1.26 bits per heavy atom. The first kappa shape index (κ1) is 26.0. The van der Waals surface area contributed by atoms with Crippen LogP contribution in [0.5, 0.6) is 11.5 Å². The van der Waals surface area contributed by atoms with Crippen LogP contribution < -0.4 is 9.47 Å². The molecule has 0 amide bonds. The van der Waals surface area contributed by atoms with E-state index in [2.05, 4.69) is 43.8 Å². The first-order valence-corrected chi connectivity index (χ1v) is 12.6. The second-order valence-electron chi connectivity index (χ2n) is 8.89. The third kappa shape index (κ3) is 10.2. The summed E-state index contributed by atoms with van der Waals surface area (Å²) >= 11 is 0. The molecule has 0 spiro atoms. The SMILES string of the molecule is CCCCCN(C)C1CCCOCCCC(N(C)CCCCC)Oc2cccc(c2)O1. The molecule has 0 saturated carbocycles. The minimum absolute atomic E-state index is 0.0613. The Hall–Kier alpha value is -1.30. The van der Waals surface area contributed by atoms with Gasteiger partial charge in [-0.1, -0.05) is 45.6 Å². The summed E-state index contributed by atoms with van der Waals surface area (Å²) in [6.45, 7) is 8.19. The van der Waals surface area contributed by atoms with Gasteiger partial charge in [0, 0.05) is 45.2 Å². The maximum atomic E-state index is 6.44. The highest BCUT2D eigenvalue weighted by Crippen LogP contribution is 2.25. The van der Waals surface area contributed by atoms with Crippen molar-refractivity contribution in [3.05, 3.63) is 24.3 Å². The highest BCUT2D eigenvalue weighted by Gasteiger charge is 2.19. The maximum absolute atomic E-state index is 6.44. The van der Waals surface area contributed by atoms with Crippen LogP contribution in [0.2, 0.25) is 0 Å². The van der Waals surface area contributed by atoms with Gasteiger partial charge in [-0.3, -0.25) is 9.80 Å². The average Bonchev–Trinajstić information content (AvgIpc) is 2.76. The summed E-state index contributed by atoms with van der Waals surface area (Å²) < 4.78 is 18.8. The molecule has 2 rings (SSSR count). The molecule has 1 aliphatic heterocycles. The molecular formula is C26H46N2O3. The monoisotopic (exact) mass is 434 g/mol. The van der Waals surface area contributed by atoms with E-state index in [9.17, 15) is 0 Å². The number of unbranched alkanes of at least 4 members (excludes halogenated alkanes) is 4. The van der Waals surface area contributed by atoms with Crippen LogP contribution in [0.4, 0.5) is 0 Å². The Morgan fingerprint density at radius 3 is 1.71 bits per heavy atom. The Balaban J connectivity index is 2.08. The van der Waals surface area contributed by atoms with Crippen molar-refractivity contribution in [3.8, 4) is 11.5 Å². The van der Waals surface area contributed by atoms with E-state index in [1.165, 1.54) is 38.5 Å². The van der Waals surface area contributed by atoms with E-state index in [1.807, 2.05) is 18.2 Å². The van der Waals surface area contributed by atoms with E-state index in [-0.39, 0.29) is 12.5 Å². The number of rotatable bonds is 10. The minimum atomic E-state index is 0.0613. The molecule has 178 valence electrons. The fourth-order valence-corrected chi connectivity index (χ4v) is 4.01. The molecule has 0 radical (unpaired) electrons. The smallest absolute Gasteiger partial charge is 0.152 e. The zero-order valence-electron chi connectivity index (χ0n) is 20.5. The molecular weight excluding hydrogens is 388 g/mol. The molecule has 2 atom stereocenters. The van der Waals surface area contributed by atoms with Crippen LogP contribution in [-0.4, -0.2) is 62.7 Å². The van der Waals surface area contributed by atoms with Crippen molar-refractivity contribution in [2.45, 2.75) is 90.5 Å². The molecule has 1 aromatic carbocycles. The fourth-order valence-electron chi connectivity index (χ4n) is 4.01. The van der Waals surface area contributed by atoms with Gasteiger partial charge in [-0.05, 0) is 51.9 Å². The van der Waals surface area contributed by atoms with Crippen molar-refractivity contribution in [1.82, 2.24) is 9.80 Å². The fraction of sp³-hybridized carbons (Fsp3) is 0.769. The summed E-state index contributed by atoms with van der Waals surface area (Å²) in [5.74, 6) is 1.77. The largest absolute Gasteiger partial charge is 0.475 e. The van der Waals surface area contributed by atoms with Crippen molar-refractivity contribution in [1.29, 1.82) is 0 Å². The summed E-state index contributed by atoms with van der Waals surface area (Å²) in [4.78, 5) is 4.69. The molecule has 2 bridgehead atoms. The molecule has 0 aliphatic carbocycles. The van der Waals surface area contributed by atoms with E-state index in [4.69, 9.17) is 14.2 Å². The van der Waals surface area contributed by atoms with Crippen LogP contribution in [0.25, 0.3) is 0 Å². The maximum Gasteiger partial charge on any atom is 0.152 e. The molecule has 0 fully saturated rings. The van der Waals surface area contributed by atoms with Gasteiger partial charge in [0.15, 0.2) is 12.5 Å². The molecule has 0 saturated heterocycles. The van der Waals surface area contributed by atoms with Crippen molar-refractivity contribution in [2.75, 3.05) is 40.4 Å². The van der Waals surface area contributed by atoms with Gasteiger partial charge in [-0.15, -0.1) is 0 Å². The minimum Gasteiger partial charge on any atom is -0.475 e. The van der Waals surface area contributed by atoms with E-state index >= 15 is 0 Å². The highest BCUT2D eigenvalue weighted by molar-refractivity contribution is 5.33. The van der Waals surface area contributed by atoms with Gasteiger partial charge in [0.2, 0.25) is 0 Å². The molecule has 5 heteroatoms. The predicted octanol–water partition coefficient (Wildman–Crippen LogP) is 5.93. The van der Waals surface area contributed by atoms with Gasteiger partial charge in [0.1, 0.15) is 11.5 Å².